The van der Waals surface area contributed by atoms with Crippen LogP contribution in [0.15, 0.2) is 100.0 Å². The van der Waals surface area contributed by atoms with E-state index in [2.05, 4.69) is 79.5 Å². The Balaban J connectivity index is 1.63. The Labute approximate surface area is 196 Å². The fourth-order valence-corrected chi connectivity index (χ4v) is 5.11. The molecule has 0 N–H and O–H groups in total. The lowest BCUT2D eigenvalue weighted by molar-refractivity contribution is 0.661. The second kappa shape index (κ2) is 7.06. The van der Waals surface area contributed by atoms with Crippen LogP contribution in [0.2, 0.25) is 0 Å². The third kappa shape index (κ3) is 2.67. The highest BCUT2D eigenvalue weighted by atomic mass is 16.3. The molecule has 3 nitrogen and oxygen atoms in total. The summed E-state index contributed by atoms with van der Waals surface area (Å²) in [6.07, 6.45) is 1.87. The molecule has 0 saturated carbocycles. The molecule has 0 aliphatic carbocycles. The number of hydrogen-bond donors (Lipinski definition) is 0. The second-order valence-corrected chi connectivity index (χ2v) is 8.90. The van der Waals surface area contributed by atoms with Crippen LogP contribution in [0.25, 0.3) is 66.3 Å². The molecule has 0 atom stereocenters. The van der Waals surface area contributed by atoms with Crippen molar-refractivity contribution in [2.75, 3.05) is 0 Å². The van der Waals surface area contributed by atoms with Crippen molar-refractivity contribution in [3.63, 3.8) is 0 Å². The molecule has 3 aromatic heterocycles. The Morgan fingerprint density at radius 3 is 2.06 bits per heavy atom. The van der Waals surface area contributed by atoms with Crippen molar-refractivity contribution in [1.29, 1.82) is 0 Å². The summed E-state index contributed by atoms with van der Waals surface area (Å²) in [4.78, 5) is 4.63. The Bertz CT molecular complexity index is 1870. The van der Waals surface area contributed by atoms with Crippen molar-refractivity contribution >= 4 is 43.9 Å². The van der Waals surface area contributed by atoms with E-state index in [0.717, 1.165) is 77.4 Å². The van der Waals surface area contributed by atoms with E-state index in [9.17, 15) is 0 Å². The Kier molecular flexibility index (Phi) is 3.97. The van der Waals surface area contributed by atoms with E-state index in [0.29, 0.717) is 0 Å². The van der Waals surface area contributed by atoms with E-state index >= 15 is 0 Å². The molecule has 0 radical (unpaired) electrons. The highest BCUT2D eigenvalue weighted by molar-refractivity contribution is 6.28. The predicted octanol–water partition coefficient (Wildman–Crippen LogP) is 8.83. The molecule has 0 spiro atoms. The summed E-state index contributed by atoms with van der Waals surface area (Å²) in [6, 6.07) is 29.2. The Hall–Kier alpha value is -4.37. The highest BCUT2D eigenvalue weighted by Crippen LogP contribution is 2.45. The molecule has 34 heavy (non-hydrogen) atoms. The zero-order chi connectivity index (χ0) is 22.8. The lowest BCUT2D eigenvalue weighted by atomic mass is 9.97. The smallest absolute Gasteiger partial charge is 0.144 e. The lowest BCUT2D eigenvalue weighted by Gasteiger charge is -2.07. The molecule has 7 rings (SSSR count). The zero-order valence-corrected chi connectivity index (χ0v) is 18.9. The number of aromatic nitrogens is 1. The van der Waals surface area contributed by atoms with Crippen LogP contribution < -0.4 is 0 Å². The summed E-state index contributed by atoms with van der Waals surface area (Å²) < 4.78 is 13.1. The maximum Gasteiger partial charge on any atom is 0.144 e. The molecule has 162 valence electrons. The van der Waals surface area contributed by atoms with Gasteiger partial charge in [-0.3, -0.25) is 4.98 Å². The summed E-state index contributed by atoms with van der Waals surface area (Å²) in [5.41, 5.74) is 9.92. The van der Waals surface area contributed by atoms with Gasteiger partial charge >= 0.3 is 0 Å². The number of para-hydroxylation sites is 2. The molecular weight excluding hydrogens is 418 g/mol. The number of rotatable bonds is 2. The number of nitrogens with zero attached hydrogens (tertiary/aromatic N) is 1. The van der Waals surface area contributed by atoms with Gasteiger partial charge in [0.15, 0.2) is 0 Å². The first kappa shape index (κ1) is 19.1. The van der Waals surface area contributed by atoms with Gasteiger partial charge in [0.1, 0.15) is 22.3 Å². The minimum Gasteiger partial charge on any atom is -0.456 e. The van der Waals surface area contributed by atoms with Crippen molar-refractivity contribution in [1.82, 2.24) is 4.98 Å². The number of benzene rings is 4. The molecule has 4 aromatic carbocycles. The lowest BCUT2D eigenvalue weighted by Crippen LogP contribution is -1.86. The van der Waals surface area contributed by atoms with Gasteiger partial charge in [-0.25, -0.2) is 0 Å². The molecule has 0 aliphatic rings. The molecule has 0 saturated heterocycles. The topological polar surface area (TPSA) is 39.2 Å². The average Bonchev–Trinajstić information content (AvgIpc) is 3.44. The fourth-order valence-electron chi connectivity index (χ4n) is 5.11. The van der Waals surface area contributed by atoms with Gasteiger partial charge in [-0.2, -0.15) is 0 Å². The summed E-state index contributed by atoms with van der Waals surface area (Å²) in [5, 5.41) is 4.45. The number of pyridine rings is 1. The maximum absolute atomic E-state index is 6.61. The van der Waals surface area contributed by atoms with Crippen LogP contribution in [0.4, 0.5) is 0 Å². The van der Waals surface area contributed by atoms with Gasteiger partial charge in [0.25, 0.3) is 0 Å². The van der Waals surface area contributed by atoms with Crippen molar-refractivity contribution in [3.05, 3.63) is 102 Å². The van der Waals surface area contributed by atoms with Crippen molar-refractivity contribution < 1.29 is 8.83 Å². The minimum atomic E-state index is 0.870. The van der Waals surface area contributed by atoms with Gasteiger partial charge < -0.3 is 8.83 Å². The largest absolute Gasteiger partial charge is 0.456 e. The van der Waals surface area contributed by atoms with Crippen LogP contribution in [-0.2, 0) is 0 Å². The van der Waals surface area contributed by atoms with Gasteiger partial charge in [-0.15, -0.1) is 0 Å². The van der Waals surface area contributed by atoms with Gasteiger partial charge in [0.2, 0.25) is 0 Å². The first-order chi connectivity index (χ1) is 16.7. The van der Waals surface area contributed by atoms with Gasteiger partial charge in [-0.1, -0.05) is 66.7 Å². The van der Waals surface area contributed by atoms with E-state index in [1.165, 1.54) is 0 Å². The quantitative estimate of drug-likeness (QED) is 0.270. The van der Waals surface area contributed by atoms with Gasteiger partial charge in [0, 0.05) is 38.9 Å². The molecule has 3 heterocycles. The molecule has 3 heteroatoms. The van der Waals surface area contributed by atoms with Crippen LogP contribution in [-0.4, -0.2) is 4.98 Å². The highest BCUT2D eigenvalue weighted by Gasteiger charge is 2.22. The fraction of sp³-hybridized carbons (Fsp3) is 0.0645. The minimum absolute atomic E-state index is 0.870. The maximum atomic E-state index is 6.61. The number of fused-ring (bicyclic) bond motifs is 7. The predicted molar refractivity (Wildman–Crippen MR) is 139 cm³/mol. The molecule has 7 aromatic rings. The number of hydrogen-bond acceptors (Lipinski definition) is 3. The monoisotopic (exact) mass is 439 g/mol. The molecular formula is C31H21NO2. The zero-order valence-electron chi connectivity index (χ0n) is 18.9. The van der Waals surface area contributed by atoms with Crippen molar-refractivity contribution in [2.45, 2.75) is 13.8 Å². The summed E-state index contributed by atoms with van der Waals surface area (Å²) in [7, 11) is 0. The van der Waals surface area contributed by atoms with Crippen LogP contribution in [0, 0.1) is 13.8 Å². The average molecular weight is 440 g/mol. The van der Waals surface area contributed by atoms with E-state index in [1.807, 2.05) is 30.5 Å². The third-order valence-electron chi connectivity index (χ3n) is 6.76. The molecule has 0 aliphatic heterocycles. The van der Waals surface area contributed by atoms with Crippen molar-refractivity contribution in [2.24, 2.45) is 0 Å². The van der Waals surface area contributed by atoms with Gasteiger partial charge in [0.05, 0.1) is 5.69 Å². The SMILES string of the molecule is Cc1cccc2c1oc1cc(-c3ccnc(-c4ccccc4)c3)c3oc4c(C)cccc4c3c12. The normalized spacial score (nSPS) is 11.8. The molecule has 0 bridgehead atoms. The molecule has 0 amide bonds. The van der Waals surface area contributed by atoms with E-state index in [-0.39, 0.29) is 0 Å². The first-order valence-electron chi connectivity index (χ1n) is 11.5. The van der Waals surface area contributed by atoms with Crippen LogP contribution in [0.3, 0.4) is 0 Å². The van der Waals surface area contributed by atoms with Gasteiger partial charge in [-0.05, 0) is 48.7 Å². The van der Waals surface area contributed by atoms with Crippen molar-refractivity contribution in [3.8, 4) is 22.4 Å². The standard InChI is InChI=1S/C31H21NO2/c1-18-8-6-12-22-27-26(33-29(18)22)17-24(31-28(27)23-13-7-9-19(2)30(23)34-31)21-14-15-32-25(16-21)20-10-4-3-5-11-20/h3-17H,1-2H3. The summed E-state index contributed by atoms with van der Waals surface area (Å²) in [5.74, 6) is 0. The van der Waals surface area contributed by atoms with E-state index in [1.54, 1.807) is 0 Å². The Morgan fingerprint density at radius 1 is 0.588 bits per heavy atom. The number of aryl methyl sites for hydroxylation is 2. The van der Waals surface area contributed by atoms with E-state index in [4.69, 9.17) is 8.83 Å². The first-order valence-corrected chi connectivity index (χ1v) is 11.5. The Morgan fingerprint density at radius 2 is 1.29 bits per heavy atom. The summed E-state index contributed by atoms with van der Waals surface area (Å²) >= 11 is 0. The molecule has 0 fully saturated rings. The molecule has 0 unspecified atom stereocenters. The van der Waals surface area contributed by atoms with E-state index < -0.39 is 0 Å². The second-order valence-electron chi connectivity index (χ2n) is 8.90. The number of furan rings is 2. The van der Waals surface area contributed by atoms with Crippen LogP contribution >= 0.6 is 0 Å². The third-order valence-corrected chi connectivity index (χ3v) is 6.76. The van der Waals surface area contributed by atoms with Crippen LogP contribution in [0.1, 0.15) is 11.1 Å². The summed E-state index contributed by atoms with van der Waals surface area (Å²) in [6.45, 7) is 4.19. The van der Waals surface area contributed by atoms with Crippen LogP contribution in [0.5, 0.6) is 0 Å².